The zero-order valence-corrected chi connectivity index (χ0v) is 18.8. The van der Waals surface area contributed by atoms with Crippen molar-refractivity contribution in [2.45, 2.75) is 64.4 Å². The van der Waals surface area contributed by atoms with E-state index in [1.807, 2.05) is 31.2 Å². The fraction of sp³-hybridized carbons (Fsp3) is 0.478. The number of amides is 1. The lowest BCUT2D eigenvalue weighted by molar-refractivity contribution is -0.118. The number of aliphatic hydroxyl groups excluding tert-OH is 1. The molecule has 0 unspecified atom stereocenters. The van der Waals surface area contributed by atoms with Gasteiger partial charge in [0.15, 0.2) is 24.0 Å². The standard InChI is InChI=1S/C23H29N5O4/c1-5-18-17(29)12-20(32-18)28-22-21(26-27-28)16(10-11-24-22)25-19(30)13-31-15-8-6-14(7-9-15)23(2,3)4/h6-11,17-18,20,29H,5,12-13H2,1-4H3,(H,24,25,30)/t17-,18+,20+/m0/s1. The van der Waals surface area contributed by atoms with Gasteiger partial charge in [-0.25, -0.2) is 4.98 Å². The van der Waals surface area contributed by atoms with Gasteiger partial charge >= 0.3 is 0 Å². The van der Waals surface area contributed by atoms with Gasteiger partial charge in [0, 0.05) is 12.6 Å². The molecule has 0 spiro atoms. The van der Waals surface area contributed by atoms with Gasteiger partial charge in [0.05, 0.1) is 17.9 Å². The summed E-state index contributed by atoms with van der Waals surface area (Å²) in [6.45, 7) is 8.26. The quantitative estimate of drug-likeness (QED) is 0.607. The smallest absolute Gasteiger partial charge is 0.262 e. The maximum atomic E-state index is 12.5. The third kappa shape index (κ3) is 4.58. The Bertz CT molecular complexity index is 1090. The lowest BCUT2D eigenvalue weighted by atomic mass is 9.87. The zero-order valence-electron chi connectivity index (χ0n) is 18.8. The summed E-state index contributed by atoms with van der Waals surface area (Å²) in [6, 6.07) is 9.40. The van der Waals surface area contributed by atoms with Crippen LogP contribution < -0.4 is 10.1 Å². The number of aromatic nitrogens is 4. The van der Waals surface area contributed by atoms with E-state index in [1.165, 1.54) is 5.56 Å². The molecule has 9 nitrogen and oxygen atoms in total. The van der Waals surface area contributed by atoms with Crippen molar-refractivity contribution in [2.24, 2.45) is 0 Å². The van der Waals surface area contributed by atoms with Gasteiger partial charge in [0.1, 0.15) is 5.75 Å². The van der Waals surface area contributed by atoms with E-state index >= 15 is 0 Å². The molecule has 1 fully saturated rings. The molecule has 32 heavy (non-hydrogen) atoms. The molecule has 3 heterocycles. The van der Waals surface area contributed by atoms with Crippen LogP contribution in [0.1, 0.15) is 52.3 Å². The second-order valence-corrected chi connectivity index (χ2v) is 9.02. The molecule has 0 radical (unpaired) electrons. The van der Waals surface area contributed by atoms with E-state index in [1.54, 1.807) is 16.9 Å². The highest BCUT2D eigenvalue weighted by atomic mass is 16.5. The maximum Gasteiger partial charge on any atom is 0.262 e. The number of pyridine rings is 1. The highest BCUT2D eigenvalue weighted by Crippen LogP contribution is 2.32. The fourth-order valence-electron chi connectivity index (χ4n) is 3.76. The first-order chi connectivity index (χ1) is 15.3. The predicted molar refractivity (Wildman–Crippen MR) is 119 cm³/mol. The monoisotopic (exact) mass is 439 g/mol. The summed E-state index contributed by atoms with van der Waals surface area (Å²) in [7, 11) is 0. The molecular formula is C23H29N5O4. The first-order valence-corrected chi connectivity index (χ1v) is 10.8. The Morgan fingerprint density at radius 1 is 1.28 bits per heavy atom. The Hall–Kier alpha value is -3.04. The molecule has 1 amide bonds. The molecule has 0 saturated carbocycles. The third-order valence-corrected chi connectivity index (χ3v) is 5.61. The van der Waals surface area contributed by atoms with Crippen LogP contribution in [0.15, 0.2) is 36.5 Å². The molecule has 1 saturated heterocycles. The van der Waals surface area contributed by atoms with Crippen molar-refractivity contribution < 1.29 is 19.4 Å². The van der Waals surface area contributed by atoms with Crippen molar-refractivity contribution in [1.29, 1.82) is 0 Å². The Balaban J connectivity index is 1.42. The number of hydrogen-bond donors (Lipinski definition) is 2. The fourth-order valence-corrected chi connectivity index (χ4v) is 3.76. The van der Waals surface area contributed by atoms with E-state index in [0.717, 1.165) is 0 Å². The number of rotatable bonds is 6. The number of fused-ring (bicyclic) bond motifs is 1. The predicted octanol–water partition coefficient (Wildman–Crippen LogP) is 3.20. The summed E-state index contributed by atoms with van der Waals surface area (Å²) in [4.78, 5) is 16.8. The minimum Gasteiger partial charge on any atom is -0.484 e. The van der Waals surface area contributed by atoms with Crippen molar-refractivity contribution >= 4 is 22.8 Å². The molecular weight excluding hydrogens is 410 g/mol. The molecule has 170 valence electrons. The summed E-state index contributed by atoms with van der Waals surface area (Å²) < 4.78 is 13.1. The summed E-state index contributed by atoms with van der Waals surface area (Å²) in [5, 5.41) is 21.3. The van der Waals surface area contributed by atoms with Gasteiger partial charge < -0.3 is 19.9 Å². The van der Waals surface area contributed by atoms with Gasteiger partial charge in [-0.15, -0.1) is 5.10 Å². The molecule has 1 aromatic carbocycles. The number of nitrogens with zero attached hydrogens (tertiary/aromatic N) is 4. The average molecular weight is 440 g/mol. The number of benzene rings is 1. The van der Waals surface area contributed by atoms with Crippen LogP contribution in [0.4, 0.5) is 5.69 Å². The SMILES string of the molecule is CC[C@H]1O[C@@H](n2nnc3c(NC(=O)COc4ccc(C(C)(C)C)cc4)ccnc32)C[C@@H]1O. The maximum absolute atomic E-state index is 12.5. The molecule has 2 N–H and O–H groups in total. The minimum atomic E-state index is -0.554. The molecule has 3 atom stereocenters. The topological polar surface area (TPSA) is 111 Å². The summed E-state index contributed by atoms with van der Waals surface area (Å²) in [6.07, 6.45) is 1.46. The van der Waals surface area contributed by atoms with E-state index < -0.39 is 12.3 Å². The van der Waals surface area contributed by atoms with Crippen LogP contribution in [0.3, 0.4) is 0 Å². The molecule has 9 heteroatoms. The van der Waals surface area contributed by atoms with E-state index in [0.29, 0.717) is 35.4 Å². The van der Waals surface area contributed by atoms with Crippen LogP contribution in [0.25, 0.3) is 11.2 Å². The van der Waals surface area contributed by atoms with Gasteiger partial charge in [-0.2, -0.15) is 4.68 Å². The van der Waals surface area contributed by atoms with Crippen LogP contribution in [0.2, 0.25) is 0 Å². The van der Waals surface area contributed by atoms with E-state index in [9.17, 15) is 9.90 Å². The third-order valence-electron chi connectivity index (χ3n) is 5.61. The van der Waals surface area contributed by atoms with Crippen LogP contribution in [0, 0.1) is 0 Å². The van der Waals surface area contributed by atoms with Crippen molar-refractivity contribution in [3.05, 3.63) is 42.1 Å². The Labute approximate surface area is 186 Å². The van der Waals surface area contributed by atoms with Crippen molar-refractivity contribution in [1.82, 2.24) is 20.0 Å². The number of nitrogens with one attached hydrogen (secondary N) is 1. The number of carbonyl (C=O) groups is 1. The number of ether oxygens (including phenoxy) is 2. The summed E-state index contributed by atoms with van der Waals surface area (Å²) in [5.74, 6) is 0.312. The van der Waals surface area contributed by atoms with Crippen LogP contribution in [-0.2, 0) is 14.9 Å². The molecule has 1 aliphatic heterocycles. The van der Waals surface area contributed by atoms with Gasteiger partial charge in [-0.05, 0) is 35.6 Å². The first-order valence-electron chi connectivity index (χ1n) is 10.8. The molecule has 0 aliphatic carbocycles. The highest BCUT2D eigenvalue weighted by molar-refractivity contribution is 5.98. The Morgan fingerprint density at radius 3 is 2.69 bits per heavy atom. The van der Waals surface area contributed by atoms with Crippen LogP contribution >= 0.6 is 0 Å². The normalized spacial score (nSPS) is 21.1. The van der Waals surface area contributed by atoms with Gasteiger partial charge in [0.2, 0.25) is 0 Å². The zero-order chi connectivity index (χ0) is 22.9. The molecule has 1 aliphatic rings. The van der Waals surface area contributed by atoms with E-state index in [-0.39, 0.29) is 24.0 Å². The van der Waals surface area contributed by atoms with Crippen molar-refractivity contribution in [3.8, 4) is 5.75 Å². The summed E-state index contributed by atoms with van der Waals surface area (Å²) in [5.41, 5.74) is 2.67. The molecule has 3 aromatic rings. The lowest BCUT2D eigenvalue weighted by Gasteiger charge is -2.19. The first kappa shape index (κ1) is 22.2. The van der Waals surface area contributed by atoms with Crippen molar-refractivity contribution in [3.63, 3.8) is 0 Å². The number of anilines is 1. The van der Waals surface area contributed by atoms with Crippen molar-refractivity contribution in [2.75, 3.05) is 11.9 Å². The summed E-state index contributed by atoms with van der Waals surface area (Å²) >= 11 is 0. The lowest BCUT2D eigenvalue weighted by Crippen LogP contribution is -2.20. The average Bonchev–Trinajstić information content (AvgIpc) is 3.35. The van der Waals surface area contributed by atoms with E-state index in [2.05, 4.69) is 41.4 Å². The van der Waals surface area contributed by atoms with E-state index in [4.69, 9.17) is 9.47 Å². The number of carbonyl (C=O) groups excluding carboxylic acids is 1. The second kappa shape index (κ2) is 8.84. The molecule has 4 rings (SSSR count). The number of hydrogen-bond acceptors (Lipinski definition) is 7. The highest BCUT2D eigenvalue weighted by Gasteiger charge is 2.35. The largest absolute Gasteiger partial charge is 0.484 e. The van der Waals surface area contributed by atoms with Crippen LogP contribution in [-0.4, -0.2) is 49.8 Å². The van der Waals surface area contributed by atoms with Gasteiger partial charge in [-0.3, -0.25) is 4.79 Å². The van der Waals surface area contributed by atoms with Crippen LogP contribution in [0.5, 0.6) is 5.75 Å². The second-order valence-electron chi connectivity index (χ2n) is 9.02. The Morgan fingerprint density at radius 2 is 2.03 bits per heavy atom. The molecule has 0 bridgehead atoms. The van der Waals surface area contributed by atoms with Gasteiger partial charge in [0.25, 0.3) is 5.91 Å². The van der Waals surface area contributed by atoms with Gasteiger partial charge in [-0.1, -0.05) is 45.0 Å². The molecule has 2 aromatic heterocycles. The minimum absolute atomic E-state index is 0.0547. The Kier molecular flexibility index (Phi) is 6.12. The number of aliphatic hydroxyl groups is 1.